The SMILES string of the molecule is CCCCCCCCCNc1ccc([N+](=O)[O-])c(C#N)c1. The number of unbranched alkanes of at least 4 members (excludes halogenated alkanes) is 6. The summed E-state index contributed by atoms with van der Waals surface area (Å²) >= 11 is 0. The van der Waals surface area contributed by atoms with Crippen LogP contribution in [0.2, 0.25) is 0 Å². The van der Waals surface area contributed by atoms with E-state index in [-0.39, 0.29) is 11.3 Å². The number of nitriles is 1. The molecule has 0 saturated heterocycles. The molecule has 0 bridgehead atoms. The third-order valence-electron chi connectivity index (χ3n) is 3.42. The van der Waals surface area contributed by atoms with Gasteiger partial charge in [0, 0.05) is 18.3 Å². The van der Waals surface area contributed by atoms with Crippen LogP contribution in [-0.2, 0) is 0 Å². The fourth-order valence-corrected chi connectivity index (χ4v) is 2.21. The van der Waals surface area contributed by atoms with E-state index in [1.54, 1.807) is 12.1 Å². The summed E-state index contributed by atoms with van der Waals surface area (Å²) in [6.07, 6.45) is 8.72. The van der Waals surface area contributed by atoms with Gasteiger partial charge < -0.3 is 5.32 Å². The molecule has 0 amide bonds. The summed E-state index contributed by atoms with van der Waals surface area (Å²) in [5.74, 6) is 0. The van der Waals surface area contributed by atoms with Gasteiger partial charge in [-0.05, 0) is 18.6 Å². The summed E-state index contributed by atoms with van der Waals surface area (Å²) in [6.45, 7) is 3.04. The van der Waals surface area contributed by atoms with Crippen molar-refractivity contribution < 1.29 is 4.92 Å². The minimum Gasteiger partial charge on any atom is -0.385 e. The number of nitrogens with zero attached hydrogens (tertiary/aromatic N) is 2. The van der Waals surface area contributed by atoms with Crippen molar-refractivity contribution in [1.29, 1.82) is 5.26 Å². The normalized spacial score (nSPS) is 10.1. The van der Waals surface area contributed by atoms with Gasteiger partial charge in [0.25, 0.3) is 5.69 Å². The summed E-state index contributed by atoms with van der Waals surface area (Å²) in [5, 5.41) is 22.9. The summed E-state index contributed by atoms with van der Waals surface area (Å²) in [4.78, 5) is 10.2. The zero-order chi connectivity index (χ0) is 15.5. The Bertz CT molecular complexity index is 495. The van der Waals surface area contributed by atoms with Gasteiger partial charge in [0.15, 0.2) is 0 Å². The lowest BCUT2D eigenvalue weighted by atomic mass is 10.1. The van der Waals surface area contributed by atoms with Gasteiger partial charge in [-0.15, -0.1) is 0 Å². The molecule has 5 heteroatoms. The summed E-state index contributed by atoms with van der Waals surface area (Å²) in [7, 11) is 0. The molecule has 1 aromatic carbocycles. The summed E-state index contributed by atoms with van der Waals surface area (Å²) in [6, 6.07) is 6.44. The Morgan fingerprint density at radius 2 is 1.86 bits per heavy atom. The fourth-order valence-electron chi connectivity index (χ4n) is 2.21. The Balaban J connectivity index is 2.30. The van der Waals surface area contributed by atoms with Crippen molar-refractivity contribution in [3.05, 3.63) is 33.9 Å². The molecule has 0 aliphatic carbocycles. The van der Waals surface area contributed by atoms with E-state index in [0.29, 0.717) is 0 Å². The van der Waals surface area contributed by atoms with E-state index in [2.05, 4.69) is 12.2 Å². The zero-order valence-corrected chi connectivity index (χ0v) is 12.6. The molecular formula is C16H23N3O2. The largest absolute Gasteiger partial charge is 0.385 e. The third-order valence-corrected chi connectivity index (χ3v) is 3.42. The second-order valence-corrected chi connectivity index (χ2v) is 5.15. The first-order valence-electron chi connectivity index (χ1n) is 7.61. The molecule has 1 aromatic rings. The number of benzene rings is 1. The lowest BCUT2D eigenvalue weighted by Gasteiger charge is -2.07. The van der Waals surface area contributed by atoms with E-state index in [1.165, 1.54) is 44.6 Å². The van der Waals surface area contributed by atoms with Crippen LogP contribution in [0, 0.1) is 21.4 Å². The third kappa shape index (κ3) is 6.26. The maximum Gasteiger partial charge on any atom is 0.287 e. The molecule has 0 aromatic heterocycles. The van der Waals surface area contributed by atoms with Crippen LogP contribution < -0.4 is 5.32 Å². The first-order chi connectivity index (χ1) is 10.2. The smallest absolute Gasteiger partial charge is 0.287 e. The van der Waals surface area contributed by atoms with Crippen molar-refractivity contribution in [2.75, 3.05) is 11.9 Å². The van der Waals surface area contributed by atoms with Crippen LogP contribution >= 0.6 is 0 Å². The molecule has 0 radical (unpaired) electrons. The number of hydrogen-bond donors (Lipinski definition) is 1. The average molecular weight is 289 g/mol. The Hall–Kier alpha value is -2.09. The van der Waals surface area contributed by atoms with Gasteiger partial charge >= 0.3 is 0 Å². The van der Waals surface area contributed by atoms with Crippen molar-refractivity contribution in [2.45, 2.75) is 51.9 Å². The maximum absolute atomic E-state index is 10.7. The topological polar surface area (TPSA) is 79.0 Å². The molecule has 114 valence electrons. The second kappa shape index (κ2) is 9.76. The van der Waals surface area contributed by atoms with Crippen molar-refractivity contribution in [3.8, 4) is 6.07 Å². The van der Waals surface area contributed by atoms with E-state index in [0.717, 1.165) is 18.7 Å². The number of anilines is 1. The molecule has 0 unspecified atom stereocenters. The van der Waals surface area contributed by atoms with Crippen LogP contribution in [0.5, 0.6) is 0 Å². The highest BCUT2D eigenvalue weighted by Crippen LogP contribution is 2.21. The van der Waals surface area contributed by atoms with Crippen LogP contribution in [0.15, 0.2) is 18.2 Å². The van der Waals surface area contributed by atoms with Gasteiger partial charge in [-0.1, -0.05) is 45.4 Å². The number of nitro benzene ring substituents is 1. The van der Waals surface area contributed by atoms with Crippen molar-refractivity contribution in [1.82, 2.24) is 0 Å². The van der Waals surface area contributed by atoms with E-state index in [9.17, 15) is 10.1 Å². The van der Waals surface area contributed by atoms with Crippen molar-refractivity contribution in [2.24, 2.45) is 0 Å². The first-order valence-corrected chi connectivity index (χ1v) is 7.61. The van der Waals surface area contributed by atoms with E-state index >= 15 is 0 Å². The maximum atomic E-state index is 10.7. The van der Waals surface area contributed by atoms with Crippen LogP contribution in [0.1, 0.15) is 57.4 Å². The van der Waals surface area contributed by atoms with Crippen molar-refractivity contribution >= 4 is 11.4 Å². The summed E-state index contributed by atoms with van der Waals surface area (Å²) < 4.78 is 0. The first kappa shape index (κ1) is 17.0. The highest BCUT2D eigenvalue weighted by atomic mass is 16.6. The highest BCUT2D eigenvalue weighted by molar-refractivity contribution is 5.58. The molecule has 5 nitrogen and oxygen atoms in total. The molecule has 21 heavy (non-hydrogen) atoms. The van der Waals surface area contributed by atoms with Gasteiger partial charge in [-0.3, -0.25) is 10.1 Å². The second-order valence-electron chi connectivity index (χ2n) is 5.15. The van der Waals surface area contributed by atoms with Crippen LogP contribution in [0.4, 0.5) is 11.4 Å². The number of nitrogens with one attached hydrogen (secondary N) is 1. The van der Waals surface area contributed by atoms with Crippen LogP contribution in [-0.4, -0.2) is 11.5 Å². The Morgan fingerprint density at radius 3 is 2.48 bits per heavy atom. The Labute approximate surface area is 126 Å². The van der Waals surface area contributed by atoms with Gasteiger partial charge in [-0.25, -0.2) is 0 Å². The van der Waals surface area contributed by atoms with Gasteiger partial charge in [0.1, 0.15) is 11.6 Å². The molecule has 0 aliphatic heterocycles. The monoisotopic (exact) mass is 289 g/mol. The van der Waals surface area contributed by atoms with Gasteiger partial charge in [0.05, 0.1) is 4.92 Å². The molecule has 0 spiro atoms. The standard InChI is InChI=1S/C16H23N3O2/c1-2-3-4-5-6-7-8-11-18-15-9-10-16(19(20)21)14(12-15)13-17/h9-10,12,18H,2-8,11H2,1H3. The van der Waals surface area contributed by atoms with Crippen LogP contribution in [0.3, 0.4) is 0 Å². The fraction of sp³-hybridized carbons (Fsp3) is 0.562. The minimum absolute atomic E-state index is 0.101. The van der Waals surface area contributed by atoms with Crippen LogP contribution in [0.25, 0.3) is 0 Å². The summed E-state index contributed by atoms with van der Waals surface area (Å²) in [5.41, 5.74) is 0.728. The molecule has 0 heterocycles. The molecule has 0 aliphatic rings. The zero-order valence-electron chi connectivity index (χ0n) is 12.6. The Kier molecular flexibility index (Phi) is 7.88. The predicted octanol–water partition coefficient (Wildman–Crippen LogP) is 4.63. The lowest BCUT2D eigenvalue weighted by molar-refractivity contribution is -0.385. The molecule has 0 atom stereocenters. The molecule has 1 N–H and O–H groups in total. The number of hydrogen-bond acceptors (Lipinski definition) is 4. The van der Waals surface area contributed by atoms with Gasteiger partial charge in [0.2, 0.25) is 0 Å². The molecule has 0 saturated carbocycles. The average Bonchev–Trinajstić information content (AvgIpc) is 2.49. The van der Waals surface area contributed by atoms with E-state index in [1.807, 2.05) is 6.07 Å². The highest BCUT2D eigenvalue weighted by Gasteiger charge is 2.13. The van der Waals surface area contributed by atoms with E-state index in [4.69, 9.17) is 5.26 Å². The lowest BCUT2D eigenvalue weighted by Crippen LogP contribution is -2.02. The van der Waals surface area contributed by atoms with Gasteiger partial charge in [-0.2, -0.15) is 5.26 Å². The van der Waals surface area contributed by atoms with E-state index < -0.39 is 4.92 Å². The quantitative estimate of drug-likeness (QED) is 0.387. The van der Waals surface area contributed by atoms with Crippen molar-refractivity contribution in [3.63, 3.8) is 0 Å². The number of nitro groups is 1. The number of rotatable bonds is 10. The molecular weight excluding hydrogens is 266 g/mol. The Morgan fingerprint density at radius 1 is 1.19 bits per heavy atom. The molecule has 1 rings (SSSR count). The molecule has 0 fully saturated rings. The minimum atomic E-state index is -0.529. The predicted molar refractivity (Wildman–Crippen MR) is 84.3 cm³/mol.